The molecule has 0 aromatic heterocycles. The lowest BCUT2D eigenvalue weighted by Gasteiger charge is -2.48. The number of halogens is 3. The first-order valence-electron chi connectivity index (χ1n) is 6.94. The molecule has 0 aromatic carbocycles. The van der Waals surface area contributed by atoms with E-state index in [1.54, 1.807) is 0 Å². The fraction of sp³-hybridized carbons (Fsp3) is 0.538. The number of hydrogen-bond donors (Lipinski definition) is 1. The van der Waals surface area contributed by atoms with Crippen molar-refractivity contribution in [3.05, 3.63) is 11.3 Å². The van der Waals surface area contributed by atoms with Gasteiger partial charge in [-0.25, -0.2) is 4.79 Å². The number of hydrogen-bond acceptors (Lipinski definition) is 8. The Balaban J connectivity index is 2.05. The van der Waals surface area contributed by atoms with E-state index in [1.165, 1.54) is 0 Å². The van der Waals surface area contributed by atoms with Crippen LogP contribution < -0.4 is 0 Å². The maximum absolute atomic E-state index is 12.1. The maximum atomic E-state index is 12.1. The molecule has 2 aliphatic heterocycles. The Labute approximate surface area is 153 Å². The number of aliphatic carboxylic acids is 1. The molecule has 13 heteroatoms. The van der Waals surface area contributed by atoms with Crippen molar-refractivity contribution in [2.24, 2.45) is 0 Å². The van der Waals surface area contributed by atoms with Crippen LogP contribution in [0.3, 0.4) is 0 Å². The Morgan fingerprint density at radius 2 is 2.04 bits per heavy atom. The van der Waals surface area contributed by atoms with E-state index in [2.05, 4.69) is 0 Å². The summed E-state index contributed by atoms with van der Waals surface area (Å²) in [6, 6.07) is 0. The predicted octanol–water partition coefficient (Wildman–Crippen LogP) is 0.968. The van der Waals surface area contributed by atoms with Crippen LogP contribution in [-0.2, 0) is 28.7 Å². The van der Waals surface area contributed by atoms with Crippen LogP contribution in [0.25, 0.3) is 0 Å². The summed E-state index contributed by atoms with van der Waals surface area (Å²) in [6.07, 6.45) is -1.36. The van der Waals surface area contributed by atoms with Crippen molar-refractivity contribution < 1.29 is 46.9 Å². The van der Waals surface area contributed by atoms with Crippen molar-refractivity contribution >= 4 is 47.3 Å². The van der Waals surface area contributed by atoms with Gasteiger partial charge in [0.25, 0.3) is 5.91 Å². The van der Waals surface area contributed by atoms with Crippen LogP contribution in [0.1, 0.15) is 6.92 Å². The van der Waals surface area contributed by atoms with Gasteiger partial charge in [0.05, 0.1) is 0 Å². The number of β-lactam (4-membered cyclic amide) rings is 1. The summed E-state index contributed by atoms with van der Waals surface area (Å²) < 4.78 is 45.7. The van der Waals surface area contributed by atoms with Gasteiger partial charge in [-0.15, -0.1) is 11.8 Å². The molecule has 0 saturated carbocycles. The number of esters is 2. The summed E-state index contributed by atoms with van der Waals surface area (Å²) in [5.74, 6) is -5.05. The minimum absolute atomic E-state index is 0.0920. The zero-order valence-electron chi connectivity index (χ0n) is 13.1. The first kappa shape index (κ1) is 20.4. The number of carboxylic acids is 1. The van der Waals surface area contributed by atoms with Crippen molar-refractivity contribution in [3.8, 4) is 0 Å². The second-order valence-electron chi connectivity index (χ2n) is 5.09. The monoisotopic (exact) mass is 415 g/mol. The number of nitrogens with zero attached hydrogens (tertiary/aromatic N) is 1. The molecule has 2 rings (SSSR count). The molecule has 1 fully saturated rings. The van der Waals surface area contributed by atoms with E-state index in [0.717, 1.165) is 23.6 Å². The van der Waals surface area contributed by atoms with E-state index in [0.29, 0.717) is 0 Å². The number of fused-ring (bicyclic) bond motifs is 1. The SMILES string of the molecule is CC(=O)OCC1=C(C(=O)O)N2C(=O)[C@@H](OC(=O)CSC(F)(F)F)[C@H]2SC1. The van der Waals surface area contributed by atoms with Crippen molar-refractivity contribution in [2.45, 2.75) is 23.9 Å². The number of alkyl halides is 3. The number of carbonyl (C=O) groups is 4. The molecule has 2 aliphatic rings. The van der Waals surface area contributed by atoms with Gasteiger partial charge in [0, 0.05) is 18.2 Å². The number of rotatable bonds is 6. The van der Waals surface area contributed by atoms with Crippen LogP contribution in [0.4, 0.5) is 13.2 Å². The molecule has 0 bridgehead atoms. The van der Waals surface area contributed by atoms with Gasteiger partial charge < -0.3 is 14.6 Å². The maximum Gasteiger partial charge on any atom is 0.442 e. The smallest absolute Gasteiger partial charge is 0.442 e. The third-order valence-corrected chi connectivity index (χ3v) is 5.28. The Kier molecular flexibility index (Phi) is 6.11. The Morgan fingerprint density at radius 1 is 1.38 bits per heavy atom. The van der Waals surface area contributed by atoms with Gasteiger partial charge in [-0.3, -0.25) is 19.3 Å². The van der Waals surface area contributed by atoms with Crippen molar-refractivity contribution in [1.29, 1.82) is 0 Å². The van der Waals surface area contributed by atoms with Crippen LogP contribution in [0, 0.1) is 0 Å². The highest BCUT2D eigenvalue weighted by Crippen LogP contribution is 2.42. The van der Waals surface area contributed by atoms with Crippen molar-refractivity contribution in [3.63, 3.8) is 0 Å². The van der Waals surface area contributed by atoms with Gasteiger partial charge in [0.15, 0.2) is 0 Å². The Hall–Kier alpha value is -1.89. The molecule has 0 radical (unpaired) electrons. The largest absolute Gasteiger partial charge is 0.477 e. The van der Waals surface area contributed by atoms with Crippen LogP contribution in [0.2, 0.25) is 0 Å². The van der Waals surface area contributed by atoms with Gasteiger partial charge in [-0.05, 0) is 11.8 Å². The predicted molar refractivity (Wildman–Crippen MR) is 82.8 cm³/mol. The highest BCUT2D eigenvalue weighted by Gasteiger charge is 2.56. The number of thioether (sulfide) groups is 2. The van der Waals surface area contributed by atoms with E-state index >= 15 is 0 Å². The van der Waals surface area contributed by atoms with E-state index in [-0.39, 0.29) is 23.6 Å². The summed E-state index contributed by atoms with van der Waals surface area (Å²) in [5, 5.41) is 8.47. The second-order valence-corrected chi connectivity index (χ2v) is 7.24. The highest BCUT2D eigenvalue weighted by molar-refractivity contribution is 8.00. The molecular formula is C13H12F3NO7S2. The average molecular weight is 415 g/mol. The molecule has 2 atom stereocenters. The van der Waals surface area contributed by atoms with E-state index in [9.17, 15) is 37.5 Å². The summed E-state index contributed by atoms with van der Waals surface area (Å²) in [7, 11) is 0. The molecule has 8 nitrogen and oxygen atoms in total. The molecule has 0 unspecified atom stereocenters. The lowest BCUT2D eigenvalue weighted by molar-refractivity contribution is -0.173. The van der Waals surface area contributed by atoms with E-state index in [4.69, 9.17) is 9.47 Å². The summed E-state index contributed by atoms with van der Waals surface area (Å²) >= 11 is 0.464. The Morgan fingerprint density at radius 3 is 2.58 bits per heavy atom. The zero-order valence-corrected chi connectivity index (χ0v) is 14.7. The molecule has 0 aromatic rings. The number of amides is 1. The van der Waals surface area contributed by atoms with E-state index < -0.39 is 58.3 Å². The van der Waals surface area contributed by atoms with E-state index in [1.807, 2.05) is 0 Å². The molecule has 1 amide bonds. The molecule has 2 heterocycles. The van der Waals surface area contributed by atoms with Gasteiger partial charge in [0.1, 0.15) is 23.4 Å². The fourth-order valence-electron chi connectivity index (χ4n) is 2.24. The van der Waals surface area contributed by atoms with Gasteiger partial charge in [-0.1, -0.05) is 0 Å². The lowest BCUT2D eigenvalue weighted by Crippen LogP contribution is -2.66. The van der Waals surface area contributed by atoms with Crippen molar-refractivity contribution in [2.75, 3.05) is 18.1 Å². The van der Waals surface area contributed by atoms with Gasteiger partial charge >= 0.3 is 23.4 Å². The summed E-state index contributed by atoms with van der Waals surface area (Å²) in [4.78, 5) is 46.8. The number of carbonyl (C=O) groups excluding carboxylic acids is 3. The summed E-state index contributed by atoms with van der Waals surface area (Å²) in [5.41, 5.74) is -4.80. The first-order chi connectivity index (χ1) is 12.0. The standard InChI is InChI=1S/C13H12F3NO7S2/c1-5(18)23-2-6-3-25-11-9(10(20)17(11)8(6)12(21)22)24-7(19)4-26-13(14,15)16/h9,11H,2-4H2,1H3,(H,21,22)/t9-,11-/m1/s1. The average Bonchev–Trinajstić information content (AvgIpc) is 2.54. The quantitative estimate of drug-likeness (QED) is 0.501. The zero-order chi connectivity index (χ0) is 19.6. The minimum Gasteiger partial charge on any atom is -0.477 e. The molecule has 1 saturated heterocycles. The Bertz CT molecular complexity index is 679. The highest BCUT2D eigenvalue weighted by atomic mass is 32.2. The van der Waals surface area contributed by atoms with Gasteiger partial charge in [-0.2, -0.15) is 13.2 Å². The van der Waals surface area contributed by atoms with Gasteiger partial charge in [0.2, 0.25) is 6.10 Å². The fourth-order valence-corrected chi connectivity index (χ4v) is 3.89. The third-order valence-electron chi connectivity index (χ3n) is 3.26. The third kappa shape index (κ3) is 4.63. The molecular weight excluding hydrogens is 403 g/mol. The lowest BCUT2D eigenvalue weighted by atomic mass is 10.1. The van der Waals surface area contributed by atoms with Crippen LogP contribution in [-0.4, -0.2) is 68.9 Å². The topological polar surface area (TPSA) is 110 Å². The second kappa shape index (κ2) is 7.78. The molecule has 0 spiro atoms. The molecule has 0 aliphatic carbocycles. The van der Waals surface area contributed by atoms with Crippen molar-refractivity contribution in [1.82, 2.24) is 4.90 Å². The molecule has 26 heavy (non-hydrogen) atoms. The molecule has 1 N–H and O–H groups in total. The van der Waals surface area contributed by atoms with Crippen LogP contribution in [0.5, 0.6) is 0 Å². The minimum atomic E-state index is -4.61. The summed E-state index contributed by atoms with van der Waals surface area (Å²) in [6.45, 7) is 0.830. The first-order valence-corrected chi connectivity index (χ1v) is 8.98. The van der Waals surface area contributed by atoms with Crippen LogP contribution in [0.15, 0.2) is 11.3 Å². The van der Waals surface area contributed by atoms with Crippen LogP contribution >= 0.6 is 23.5 Å². The molecule has 144 valence electrons. The number of ether oxygens (including phenoxy) is 2. The number of carboxylic acid groups (broad SMARTS) is 1. The normalized spacial score (nSPS) is 22.5.